The number of nitrogens with zero attached hydrogens (tertiary/aromatic N) is 1. The molecule has 3 rings (SSSR count). The maximum absolute atomic E-state index is 12.7. The van der Waals surface area contributed by atoms with Gasteiger partial charge in [-0.3, -0.25) is 9.59 Å². The molecule has 0 aliphatic carbocycles. The summed E-state index contributed by atoms with van der Waals surface area (Å²) >= 11 is 5.85. The van der Waals surface area contributed by atoms with Crippen LogP contribution in [0, 0.1) is 25.2 Å². The number of carbonyl (C=O) groups is 2. The van der Waals surface area contributed by atoms with Crippen molar-refractivity contribution < 1.29 is 14.3 Å². The maximum atomic E-state index is 12.7. The van der Waals surface area contributed by atoms with E-state index in [1.165, 1.54) is 6.08 Å². The van der Waals surface area contributed by atoms with Gasteiger partial charge in [-0.05, 0) is 67.4 Å². The lowest BCUT2D eigenvalue weighted by Crippen LogP contribution is -2.20. The van der Waals surface area contributed by atoms with Crippen molar-refractivity contribution in [2.45, 2.75) is 13.8 Å². The summed E-state index contributed by atoms with van der Waals surface area (Å²) < 4.78 is 5.65. The number of carbonyl (C=O) groups excluding carboxylic acids is 2. The zero-order valence-electron chi connectivity index (χ0n) is 18.2. The number of nitriles is 1. The average molecular weight is 460 g/mol. The van der Waals surface area contributed by atoms with Crippen molar-refractivity contribution in [3.63, 3.8) is 0 Å². The van der Waals surface area contributed by atoms with E-state index in [9.17, 15) is 14.9 Å². The monoisotopic (exact) mass is 459 g/mol. The number of ether oxygens (including phenoxy) is 1. The van der Waals surface area contributed by atoms with Gasteiger partial charge in [0.25, 0.3) is 11.8 Å². The van der Waals surface area contributed by atoms with Crippen molar-refractivity contribution in [2.75, 3.05) is 17.2 Å². The van der Waals surface area contributed by atoms with Gasteiger partial charge in [0.15, 0.2) is 6.61 Å². The molecule has 0 fully saturated rings. The minimum atomic E-state index is -0.526. The van der Waals surface area contributed by atoms with E-state index in [-0.39, 0.29) is 18.1 Å². The molecule has 0 saturated carbocycles. The molecule has 0 spiro atoms. The van der Waals surface area contributed by atoms with Crippen LogP contribution in [-0.2, 0) is 9.59 Å². The summed E-state index contributed by atoms with van der Waals surface area (Å²) in [6, 6.07) is 21.1. The van der Waals surface area contributed by atoms with Crippen LogP contribution >= 0.6 is 11.6 Å². The van der Waals surface area contributed by atoms with Gasteiger partial charge in [0.1, 0.15) is 17.4 Å². The van der Waals surface area contributed by atoms with Crippen LogP contribution in [0.3, 0.4) is 0 Å². The van der Waals surface area contributed by atoms with E-state index in [0.717, 1.165) is 11.1 Å². The number of para-hydroxylation sites is 1. The molecule has 6 nitrogen and oxygen atoms in total. The number of nitrogens with one attached hydrogen (secondary N) is 2. The molecule has 0 unspecified atom stereocenters. The van der Waals surface area contributed by atoms with Crippen LogP contribution in [-0.4, -0.2) is 18.4 Å². The molecule has 0 aliphatic heterocycles. The molecular weight excluding hydrogens is 438 g/mol. The van der Waals surface area contributed by atoms with E-state index >= 15 is 0 Å². The van der Waals surface area contributed by atoms with E-state index in [4.69, 9.17) is 16.3 Å². The zero-order valence-corrected chi connectivity index (χ0v) is 18.9. The number of hydrogen-bond acceptors (Lipinski definition) is 4. The quantitative estimate of drug-likeness (QED) is 0.359. The van der Waals surface area contributed by atoms with Crippen molar-refractivity contribution in [2.24, 2.45) is 0 Å². The van der Waals surface area contributed by atoms with Crippen molar-refractivity contribution >= 4 is 40.9 Å². The van der Waals surface area contributed by atoms with Gasteiger partial charge in [-0.1, -0.05) is 41.9 Å². The molecular formula is C26H22ClN3O3. The largest absolute Gasteiger partial charge is 0.483 e. The summed E-state index contributed by atoms with van der Waals surface area (Å²) in [6.45, 7) is 3.60. The molecule has 2 amide bonds. The van der Waals surface area contributed by atoms with E-state index in [1.54, 1.807) is 54.6 Å². The first-order chi connectivity index (χ1) is 15.9. The van der Waals surface area contributed by atoms with Crippen LogP contribution < -0.4 is 15.4 Å². The highest BCUT2D eigenvalue weighted by Gasteiger charge is 2.13. The Hall–Kier alpha value is -4.08. The predicted octanol–water partition coefficient (Wildman–Crippen LogP) is 5.52. The Balaban J connectivity index is 1.71. The summed E-state index contributed by atoms with van der Waals surface area (Å²) in [6.07, 6.45) is 1.44. The highest BCUT2D eigenvalue weighted by molar-refractivity contribution is 6.30. The number of hydrogen-bond donors (Lipinski definition) is 2. The van der Waals surface area contributed by atoms with Crippen LogP contribution in [0.15, 0.2) is 72.3 Å². The average Bonchev–Trinajstić information content (AvgIpc) is 2.81. The second-order valence-electron chi connectivity index (χ2n) is 7.25. The Bertz CT molecular complexity index is 1240. The lowest BCUT2D eigenvalue weighted by atomic mass is 10.1. The fraction of sp³-hybridized carbons (Fsp3) is 0.115. The smallest absolute Gasteiger partial charge is 0.266 e. The molecule has 7 heteroatoms. The molecule has 3 aromatic carbocycles. The molecule has 3 aromatic rings. The molecule has 2 N–H and O–H groups in total. The topological polar surface area (TPSA) is 91.2 Å². The molecule has 0 saturated heterocycles. The van der Waals surface area contributed by atoms with E-state index in [1.807, 2.05) is 32.0 Å². The van der Waals surface area contributed by atoms with Crippen LogP contribution in [0.4, 0.5) is 11.4 Å². The van der Waals surface area contributed by atoms with Crippen molar-refractivity contribution in [1.29, 1.82) is 5.26 Å². The van der Waals surface area contributed by atoms with Crippen LogP contribution in [0.2, 0.25) is 5.02 Å². The first kappa shape index (κ1) is 23.6. The Morgan fingerprint density at radius 3 is 2.45 bits per heavy atom. The van der Waals surface area contributed by atoms with Crippen LogP contribution in [0.5, 0.6) is 5.75 Å². The lowest BCUT2D eigenvalue weighted by Gasteiger charge is -2.11. The Morgan fingerprint density at radius 2 is 1.73 bits per heavy atom. The molecule has 0 heterocycles. The maximum Gasteiger partial charge on any atom is 0.266 e. The van der Waals surface area contributed by atoms with Gasteiger partial charge in [0, 0.05) is 22.0 Å². The SMILES string of the molecule is Cc1cccc(NC(=O)/C(C#N)=C/c2ccccc2OCC(=O)Nc2ccc(Cl)cc2)c1C. The second kappa shape index (κ2) is 11.0. The van der Waals surface area contributed by atoms with Gasteiger partial charge in [0.05, 0.1) is 0 Å². The zero-order chi connectivity index (χ0) is 23.8. The number of aryl methyl sites for hydroxylation is 1. The van der Waals surface area contributed by atoms with Gasteiger partial charge in [-0.2, -0.15) is 5.26 Å². The van der Waals surface area contributed by atoms with Gasteiger partial charge in [-0.25, -0.2) is 0 Å². The first-order valence-corrected chi connectivity index (χ1v) is 10.5. The number of halogens is 1. The van der Waals surface area contributed by atoms with E-state index in [0.29, 0.717) is 27.7 Å². The van der Waals surface area contributed by atoms with Crippen LogP contribution in [0.1, 0.15) is 16.7 Å². The summed E-state index contributed by atoms with van der Waals surface area (Å²) in [5, 5.41) is 15.6. The van der Waals surface area contributed by atoms with E-state index < -0.39 is 5.91 Å². The highest BCUT2D eigenvalue weighted by atomic mass is 35.5. The number of amides is 2. The van der Waals surface area contributed by atoms with Gasteiger partial charge in [-0.15, -0.1) is 0 Å². The van der Waals surface area contributed by atoms with Crippen molar-refractivity contribution in [1.82, 2.24) is 0 Å². The number of benzene rings is 3. The molecule has 0 bridgehead atoms. The third-order valence-corrected chi connectivity index (χ3v) is 5.18. The highest BCUT2D eigenvalue weighted by Crippen LogP contribution is 2.23. The van der Waals surface area contributed by atoms with Gasteiger partial charge < -0.3 is 15.4 Å². The minimum Gasteiger partial charge on any atom is -0.483 e. The number of rotatable bonds is 7. The summed E-state index contributed by atoms with van der Waals surface area (Å²) in [4.78, 5) is 24.9. The molecule has 0 aromatic heterocycles. The fourth-order valence-corrected chi connectivity index (χ4v) is 3.11. The van der Waals surface area contributed by atoms with Crippen molar-refractivity contribution in [3.8, 4) is 11.8 Å². The summed E-state index contributed by atoms with van der Waals surface area (Å²) in [7, 11) is 0. The molecule has 166 valence electrons. The lowest BCUT2D eigenvalue weighted by molar-refractivity contribution is -0.118. The van der Waals surface area contributed by atoms with Crippen LogP contribution in [0.25, 0.3) is 6.08 Å². The Kier molecular flexibility index (Phi) is 7.85. The molecule has 0 radical (unpaired) electrons. The van der Waals surface area contributed by atoms with Gasteiger partial charge >= 0.3 is 0 Å². The predicted molar refractivity (Wildman–Crippen MR) is 130 cm³/mol. The van der Waals surface area contributed by atoms with Gasteiger partial charge in [0.2, 0.25) is 0 Å². The molecule has 0 atom stereocenters. The third-order valence-electron chi connectivity index (χ3n) is 4.92. The summed E-state index contributed by atoms with van der Waals surface area (Å²) in [5.41, 5.74) is 3.62. The molecule has 0 aliphatic rings. The Labute approximate surface area is 197 Å². The minimum absolute atomic E-state index is 0.0856. The fourth-order valence-electron chi connectivity index (χ4n) is 2.99. The summed E-state index contributed by atoms with van der Waals surface area (Å²) in [5.74, 6) is -0.512. The van der Waals surface area contributed by atoms with E-state index in [2.05, 4.69) is 10.6 Å². The first-order valence-electron chi connectivity index (χ1n) is 10.1. The number of anilines is 2. The van der Waals surface area contributed by atoms with Crippen molar-refractivity contribution in [3.05, 3.63) is 94.0 Å². The molecule has 33 heavy (non-hydrogen) atoms. The normalized spacial score (nSPS) is 10.8. The Morgan fingerprint density at radius 1 is 1.00 bits per heavy atom. The standard InChI is InChI=1S/C26H22ClN3O3/c1-17-6-5-8-23(18(17)2)30-26(32)20(15-28)14-19-7-3-4-9-24(19)33-16-25(31)29-22-12-10-21(27)11-13-22/h3-14H,16H2,1-2H3,(H,29,31)(H,30,32)/b20-14+. The second-order valence-corrected chi connectivity index (χ2v) is 7.69. The third kappa shape index (κ3) is 6.45.